The number of carbonyl (C=O) groups is 5. The average molecular weight is 1320 g/mol. The van der Waals surface area contributed by atoms with Crippen molar-refractivity contribution in [2.75, 3.05) is 123 Å². The van der Waals surface area contributed by atoms with Crippen LogP contribution in [0, 0.1) is 23.7 Å². The van der Waals surface area contributed by atoms with Crippen molar-refractivity contribution in [2.45, 2.75) is 272 Å². The quantitative estimate of drug-likeness (QED) is 0.0192. The van der Waals surface area contributed by atoms with E-state index in [1.807, 2.05) is 21.6 Å². The summed E-state index contributed by atoms with van der Waals surface area (Å²) in [5, 5.41) is 44.2. The monoisotopic (exact) mass is 1320 g/mol. The van der Waals surface area contributed by atoms with E-state index in [2.05, 4.69) is 75.0 Å². The van der Waals surface area contributed by atoms with Crippen molar-refractivity contribution in [1.82, 2.24) is 19.6 Å². The van der Waals surface area contributed by atoms with Crippen LogP contribution in [-0.2, 0) is 47.7 Å². The Labute approximate surface area is 555 Å². The zero-order valence-electron chi connectivity index (χ0n) is 58.2. The minimum atomic E-state index is -0.624. The number of aliphatic hydroxyl groups is 4. The number of nitrogens with zero attached hydrogens (tertiary/aromatic N) is 4. The molecule has 530 valence electrons. The highest BCUT2D eigenvalue weighted by atomic mass is 33.1. The van der Waals surface area contributed by atoms with Gasteiger partial charge in [0.1, 0.15) is 6.61 Å². The van der Waals surface area contributed by atoms with Gasteiger partial charge < -0.3 is 44.1 Å². The first-order valence-electron chi connectivity index (χ1n) is 36.0. The second-order valence-corrected chi connectivity index (χ2v) is 29.1. The molecular formula is C70H134N4O14S2. The minimum absolute atomic E-state index is 0.123. The SMILES string of the molecule is CCC(CC)COC(=O)CCCCC(O)CN(CCCCC(=O)OCCN1CCN(CCSSCCCN(CC(O)CCCCCCC(=O)OCCC(C)C)CC(O)CCCCCCC(=O)OCCC(C)C)CC1)CC(O)CCCCC(=O)OCC(CC)CC. The van der Waals surface area contributed by atoms with Crippen LogP contribution >= 0.6 is 21.6 Å². The summed E-state index contributed by atoms with van der Waals surface area (Å²) in [5.74, 6) is 2.95. The molecular weight excluding hydrogens is 1180 g/mol. The first-order valence-corrected chi connectivity index (χ1v) is 38.5. The average Bonchev–Trinajstić information content (AvgIpc) is 3.72. The molecule has 0 aromatic heterocycles. The lowest BCUT2D eigenvalue weighted by Crippen LogP contribution is -2.47. The van der Waals surface area contributed by atoms with Gasteiger partial charge in [0.15, 0.2) is 0 Å². The molecule has 1 fully saturated rings. The van der Waals surface area contributed by atoms with E-state index in [0.29, 0.717) is 192 Å². The van der Waals surface area contributed by atoms with Gasteiger partial charge in [0.05, 0.1) is 50.8 Å². The molecule has 0 aliphatic carbocycles. The molecule has 0 aromatic carbocycles. The fraction of sp³-hybridized carbons (Fsp3) is 0.929. The lowest BCUT2D eigenvalue weighted by atomic mass is 10.1. The fourth-order valence-corrected chi connectivity index (χ4v) is 12.9. The Kier molecular flexibility index (Phi) is 55.4. The molecule has 0 bridgehead atoms. The molecule has 1 saturated heterocycles. The third-order valence-electron chi connectivity index (χ3n) is 17.3. The Morgan fingerprint density at radius 1 is 0.378 bits per heavy atom. The van der Waals surface area contributed by atoms with Crippen molar-refractivity contribution in [3.05, 3.63) is 0 Å². The molecule has 4 unspecified atom stereocenters. The van der Waals surface area contributed by atoms with Gasteiger partial charge in [0.2, 0.25) is 0 Å². The standard InChI is InChI=1S/C70H134N4O14S2/c1-9-60(10-2)56-87-69(82)34-23-21-30-64(77)52-73(53-65(78)31-22-24-35-70(83)88-57-61(11-3)12-4)39-26-25-36-68(81)86-49-45-71-41-43-72(44-42-71)46-51-90-89-50-27-40-74(54-62(75)28-17-13-15-19-32-66(79)84-47-37-58(5)6)55-63(76)29-18-14-16-20-33-67(80)85-48-38-59(7)8/h58-65,75-78H,9-57H2,1-8H3. The first kappa shape index (κ1) is 85.7. The van der Waals surface area contributed by atoms with Crippen molar-refractivity contribution in [3.8, 4) is 0 Å². The predicted molar refractivity (Wildman–Crippen MR) is 367 cm³/mol. The normalized spacial score (nSPS) is 14.7. The van der Waals surface area contributed by atoms with Crippen molar-refractivity contribution < 1.29 is 68.1 Å². The Balaban J connectivity index is 2.48. The Morgan fingerprint density at radius 2 is 0.689 bits per heavy atom. The topological polar surface area (TPSA) is 225 Å². The molecule has 1 aliphatic heterocycles. The number of aliphatic hydroxyl groups excluding tert-OH is 4. The number of esters is 5. The highest BCUT2D eigenvalue weighted by Crippen LogP contribution is 2.23. The number of rotatable bonds is 62. The zero-order chi connectivity index (χ0) is 66.4. The van der Waals surface area contributed by atoms with E-state index in [1.165, 1.54) is 0 Å². The van der Waals surface area contributed by atoms with Crippen LogP contribution in [0.25, 0.3) is 0 Å². The molecule has 1 rings (SSSR count). The van der Waals surface area contributed by atoms with Gasteiger partial charge in [0.25, 0.3) is 0 Å². The molecule has 4 atom stereocenters. The molecule has 1 aliphatic rings. The molecule has 90 heavy (non-hydrogen) atoms. The van der Waals surface area contributed by atoms with Crippen LogP contribution < -0.4 is 0 Å². The largest absolute Gasteiger partial charge is 0.466 e. The van der Waals surface area contributed by atoms with E-state index in [-0.39, 0.29) is 29.8 Å². The summed E-state index contributed by atoms with van der Waals surface area (Å²) in [7, 11) is 3.78. The highest BCUT2D eigenvalue weighted by Gasteiger charge is 2.21. The number of piperazine rings is 1. The summed E-state index contributed by atoms with van der Waals surface area (Å²) in [4.78, 5) is 70.7. The van der Waals surface area contributed by atoms with Crippen LogP contribution in [0.1, 0.15) is 248 Å². The molecule has 1 heterocycles. The second kappa shape index (κ2) is 58.1. The minimum Gasteiger partial charge on any atom is -0.466 e. The van der Waals surface area contributed by atoms with E-state index < -0.39 is 24.4 Å². The number of hydrogen-bond acceptors (Lipinski definition) is 20. The smallest absolute Gasteiger partial charge is 0.305 e. The Bertz CT molecular complexity index is 1650. The van der Waals surface area contributed by atoms with E-state index >= 15 is 0 Å². The fourth-order valence-electron chi connectivity index (χ4n) is 10.8. The maximum atomic E-state index is 12.8. The predicted octanol–water partition coefficient (Wildman–Crippen LogP) is 12.1. The van der Waals surface area contributed by atoms with Gasteiger partial charge in [-0.05, 0) is 120 Å². The molecule has 18 nitrogen and oxygen atoms in total. The molecule has 0 amide bonds. The zero-order valence-corrected chi connectivity index (χ0v) is 59.9. The molecule has 0 spiro atoms. The van der Waals surface area contributed by atoms with E-state index in [0.717, 1.165) is 147 Å². The van der Waals surface area contributed by atoms with Crippen LogP contribution in [-0.4, -0.2) is 217 Å². The van der Waals surface area contributed by atoms with Gasteiger partial charge in [-0.3, -0.25) is 43.6 Å². The number of hydrogen-bond donors (Lipinski definition) is 4. The second-order valence-electron chi connectivity index (χ2n) is 26.4. The summed E-state index contributed by atoms with van der Waals surface area (Å²) < 4.78 is 27.3. The Hall–Kier alpha value is -2.27. The third-order valence-corrected chi connectivity index (χ3v) is 19.7. The van der Waals surface area contributed by atoms with Crippen LogP contribution in [0.2, 0.25) is 0 Å². The van der Waals surface area contributed by atoms with E-state index in [9.17, 15) is 44.4 Å². The number of carbonyl (C=O) groups excluding carboxylic acids is 5. The lowest BCUT2D eigenvalue weighted by Gasteiger charge is -2.34. The summed E-state index contributed by atoms with van der Waals surface area (Å²) >= 11 is 0. The van der Waals surface area contributed by atoms with Crippen molar-refractivity contribution >= 4 is 51.4 Å². The number of unbranched alkanes of at least 4 members (excludes halogenated alkanes) is 9. The first-order chi connectivity index (χ1) is 43.3. The van der Waals surface area contributed by atoms with Gasteiger partial charge in [-0.25, -0.2) is 0 Å². The summed E-state index contributed by atoms with van der Waals surface area (Å²) in [6.07, 6.45) is 19.9. The van der Waals surface area contributed by atoms with Crippen LogP contribution in [0.4, 0.5) is 0 Å². The van der Waals surface area contributed by atoms with Gasteiger partial charge in [-0.1, -0.05) is 154 Å². The molecule has 4 N–H and O–H groups in total. The highest BCUT2D eigenvalue weighted by molar-refractivity contribution is 8.76. The van der Waals surface area contributed by atoms with Crippen molar-refractivity contribution in [1.29, 1.82) is 0 Å². The van der Waals surface area contributed by atoms with Crippen molar-refractivity contribution in [2.24, 2.45) is 23.7 Å². The molecule has 0 aromatic rings. The molecule has 0 saturated carbocycles. The number of ether oxygens (including phenoxy) is 5. The van der Waals surface area contributed by atoms with Gasteiger partial charge in [-0.15, -0.1) is 0 Å². The van der Waals surface area contributed by atoms with Crippen molar-refractivity contribution in [3.63, 3.8) is 0 Å². The maximum absolute atomic E-state index is 12.8. The van der Waals surface area contributed by atoms with E-state index in [1.54, 1.807) is 0 Å². The third kappa shape index (κ3) is 52.1. The van der Waals surface area contributed by atoms with Crippen LogP contribution in [0.3, 0.4) is 0 Å². The van der Waals surface area contributed by atoms with Crippen LogP contribution in [0.5, 0.6) is 0 Å². The van der Waals surface area contributed by atoms with E-state index in [4.69, 9.17) is 23.7 Å². The maximum Gasteiger partial charge on any atom is 0.305 e. The Morgan fingerprint density at radius 3 is 1.08 bits per heavy atom. The van der Waals surface area contributed by atoms with Gasteiger partial charge in [0, 0.05) is 109 Å². The van der Waals surface area contributed by atoms with Gasteiger partial charge >= 0.3 is 29.8 Å². The van der Waals surface area contributed by atoms with Gasteiger partial charge in [-0.2, -0.15) is 0 Å². The lowest BCUT2D eigenvalue weighted by molar-refractivity contribution is -0.146. The molecule has 0 radical (unpaired) electrons. The summed E-state index contributed by atoms with van der Waals surface area (Å²) in [5.41, 5.74) is 0. The molecule has 20 heteroatoms. The summed E-state index contributed by atoms with van der Waals surface area (Å²) in [6, 6.07) is 0. The summed E-state index contributed by atoms with van der Waals surface area (Å²) in [6.45, 7) is 27.9. The van der Waals surface area contributed by atoms with Crippen LogP contribution in [0.15, 0.2) is 0 Å².